The van der Waals surface area contributed by atoms with Crippen LogP contribution < -0.4 is 24.4 Å². The third-order valence-electron chi connectivity index (χ3n) is 4.66. The SMILES string of the molecule is CCOc1cc(/C=N\NC(=O)c2ccc(OC)cc2OC)cc(I)c1OCc1ccc(Cl)cc1. The summed E-state index contributed by atoms with van der Waals surface area (Å²) in [6, 6.07) is 16.1. The van der Waals surface area contributed by atoms with Gasteiger partial charge in [0, 0.05) is 11.1 Å². The molecule has 0 aromatic heterocycles. The maximum atomic E-state index is 12.5. The van der Waals surface area contributed by atoms with Gasteiger partial charge in [-0.05, 0) is 77.0 Å². The summed E-state index contributed by atoms with van der Waals surface area (Å²) in [5.41, 5.74) is 4.60. The highest BCUT2D eigenvalue weighted by Gasteiger charge is 2.14. The highest BCUT2D eigenvalue weighted by atomic mass is 127. The first-order valence-electron chi connectivity index (χ1n) is 10.3. The van der Waals surface area contributed by atoms with Gasteiger partial charge in [0.15, 0.2) is 11.5 Å². The highest BCUT2D eigenvalue weighted by molar-refractivity contribution is 14.1. The van der Waals surface area contributed by atoms with Crippen molar-refractivity contribution in [2.75, 3.05) is 20.8 Å². The Bertz CT molecular complexity index is 1170. The van der Waals surface area contributed by atoms with Gasteiger partial charge in [0.1, 0.15) is 18.1 Å². The normalized spacial score (nSPS) is 10.7. The first-order valence-corrected chi connectivity index (χ1v) is 11.8. The van der Waals surface area contributed by atoms with Crippen molar-refractivity contribution in [3.05, 3.63) is 79.9 Å². The average Bonchev–Trinajstić information content (AvgIpc) is 2.84. The van der Waals surface area contributed by atoms with Crippen LogP contribution in [-0.2, 0) is 6.61 Å². The van der Waals surface area contributed by atoms with Crippen LogP contribution in [-0.4, -0.2) is 32.9 Å². The van der Waals surface area contributed by atoms with Crippen molar-refractivity contribution in [3.63, 3.8) is 0 Å². The molecule has 7 nitrogen and oxygen atoms in total. The third kappa shape index (κ3) is 6.77. The number of nitrogens with one attached hydrogen (secondary N) is 1. The molecule has 3 aromatic rings. The van der Waals surface area contributed by atoms with E-state index in [1.165, 1.54) is 7.11 Å². The maximum Gasteiger partial charge on any atom is 0.275 e. The zero-order valence-corrected chi connectivity index (χ0v) is 21.8. The van der Waals surface area contributed by atoms with Crippen LogP contribution in [0.1, 0.15) is 28.4 Å². The van der Waals surface area contributed by atoms with Gasteiger partial charge in [-0.2, -0.15) is 5.10 Å². The number of carbonyl (C=O) groups is 1. The summed E-state index contributed by atoms with van der Waals surface area (Å²) in [4.78, 5) is 12.5. The predicted octanol–water partition coefficient (Wildman–Crippen LogP) is 5.70. The van der Waals surface area contributed by atoms with Gasteiger partial charge in [0.05, 0.1) is 36.2 Å². The Morgan fingerprint density at radius 2 is 1.79 bits per heavy atom. The number of methoxy groups -OCH3 is 2. The lowest BCUT2D eigenvalue weighted by atomic mass is 10.2. The molecule has 0 fully saturated rings. The topological polar surface area (TPSA) is 78.4 Å². The summed E-state index contributed by atoms with van der Waals surface area (Å²) in [5.74, 6) is 1.81. The number of halogens is 2. The number of amides is 1. The number of ether oxygens (including phenoxy) is 4. The van der Waals surface area contributed by atoms with E-state index < -0.39 is 5.91 Å². The molecule has 0 heterocycles. The van der Waals surface area contributed by atoms with Crippen molar-refractivity contribution in [3.8, 4) is 23.0 Å². The lowest BCUT2D eigenvalue weighted by Gasteiger charge is -2.15. The largest absolute Gasteiger partial charge is 0.497 e. The summed E-state index contributed by atoms with van der Waals surface area (Å²) < 4.78 is 23.1. The summed E-state index contributed by atoms with van der Waals surface area (Å²) >= 11 is 8.14. The molecule has 0 radical (unpaired) electrons. The fourth-order valence-electron chi connectivity index (χ4n) is 3.01. The van der Waals surface area contributed by atoms with Crippen molar-refractivity contribution < 1.29 is 23.7 Å². The Hall–Kier alpha value is -2.98. The molecule has 9 heteroatoms. The van der Waals surface area contributed by atoms with E-state index in [0.29, 0.717) is 46.8 Å². The maximum absolute atomic E-state index is 12.5. The van der Waals surface area contributed by atoms with Gasteiger partial charge >= 0.3 is 0 Å². The molecule has 0 aliphatic rings. The van der Waals surface area contributed by atoms with Crippen LogP contribution in [0.2, 0.25) is 5.02 Å². The summed E-state index contributed by atoms with van der Waals surface area (Å²) in [5, 5.41) is 4.76. The molecule has 0 saturated carbocycles. The number of hydrogen-bond donors (Lipinski definition) is 1. The highest BCUT2D eigenvalue weighted by Crippen LogP contribution is 2.34. The Labute approximate surface area is 217 Å². The van der Waals surface area contributed by atoms with Crippen molar-refractivity contribution in [2.24, 2.45) is 5.10 Å². The molecule has 178 valence electrons. The third-order valence-corrected chi connectivity index (χ3v) is 5.71. The number of benzene rings is 3. The molecule has 0 atom stereocenters. The van der Waals surface area contributed by atoms with Crippen molar-refractivity contribution >= 4 is 46.3 Å². The summed E-state index contributed by atoms with van der Waals surface area (Å²) in [7, 11) is 3.03. The predicted molar refractivity (Wildman–Crippen MR) is 141 cm³/mol. The van der Waals surface area contributed by atoms with Crippen LogP contribution in [0.15, 0.2) is 59.7 Å². The number of hydrazone groups is 1. The second-order valence-corrected chi connectivity index (χ2v) is 8.54. The molecule has 0 spiro atoms. The Kier molecular flexibility index (Phi) is 9.41. The second-order valence-electron chi connectivity index (χ2n) is 6.94. The number of nitrogens with zero attached hydrogens (tertiary/aromatic N) is 1. The average molecular weight is 595 g/mol. The Morgan fingerprint density at radius 1 is 1.03 bits per heavy atom. The molecular formula is C25H24ClIN2O5. The van der Waals surface area contributed by atoms with E-state index in [1.54, 1.807) is 31.5 Å². The van der Waals surface area contributed by atoms with Crippen LogP contribution in [0, 0.1) is 3.57 Å². The van der Waals surface area contributed by atoms with Gasteiger partial charge in [-0.15, -0.1) is 0 Å². The first kappa shape index (κ1) is 25.6. The van der Waals surface area contributed by atoms with E-state index in [-0.39, 0.29) is 0 Å². The standard InChI is InChI=1S/C25H24ClIN2O5/c1-4-33-23-12-17(11-21(27)24(23)34-15-16-5-7-18(26)8-6-16)14-28-29-25(30)20-10-9-19(31-2)13-22(20)32-3/h5-14H,4,15H2,1-3H3,(H,29,30)/b28-14-. The Morgan fingerprint density at radius 3 is 2.47 bits per heavy atom. The quantitative estimate of drug-likeness (QED) is 0.185. The summed E-state index contributed by atoms with van der Waals surface area (Å²) in [6.45, 7) is 2.75. The second kappa shape index (κ2) is 12.5. The molecular weight excluding hydrogens is 571 g/mol. The van der Waals surface area contributed by atoms with E-state index in [4.69, 9.17) is 30.5 Å². The van der Waals surface area contributed by atoms with Crippen LogP contribution in [0.3, 0.4) is 0 Å². The van der Waals surface area contributed by atoms with E-state index >= 15 is 0 Å². The zero-order chi connectivity index (χ0) is 24.5. The van der Waals surface area contributed by atoms with E-state index in [1.807, 2.05) is 43.3 Å². The number of carbonyl (C=O) groups excluding carboxylic acids is 1. The van der Waals surface area contributed by atoms with Gasteiger partial charge in [-0.3, -0.25) is 4.79 Å². The minimum atomic E-state index is -0.404. The first-order chi connectivity index (χ1) is 16.4. The lowest BCUT2D eigenvalue weighted by molar-refractivity contribution is 0.0952. The minimum absolute atomic E-state index is 0.344. The van der Waals surface area contributed by atoms with Crippen LogP contribution >= 0.6 is 34.2 Å². The minimum Gasteiger partial charge on any atom is -0.497 e. The fourth-order valence-corrected chi connectivity index (χ4v) is 3.92. The van der Waals surface area contributed by atoms with Gasteiger partial charge < -0.3 is 18.9 Å². The van der Waals surface area contributed by atoms with Gasteiger partial charge in [-0.25, -0.2) is 5.43 Å². The number of rotatable bonds is 10. The van der Waals surface area contributed by atoms with E-state index in [0.717, 1.165) is 14.7 Å². The van der Waals surface area contributed by atoms with Gasteiger partial charge in [0.25, 0.3) is 5.91 Å². The molecule has 1 N–H and O–H groups in total. The molecule has 3 aromatic carbocycles. The Balaban J connectivity index is 1.73. The monoisotopic (exact) mass is 594 g/mol. The lowest BCUT2D eigenvalue weighted by Crippen LogP contribution is -2.18. The van der Waals surface area contributed by atoms with E-state index in [9.17, 15) is 4.79 Å². The van der Waals surface area contributed by atoms with Gasteiger partial charge in [0.2, 0.25) is 0 Å². The van der Waals surface area contributed by atoms with Crippen molar-refractivity contribution in [1.82, 2.24) is 5.43 Å². The molecule has 0 aliphatic heterocycles. The molecule has 0 saturated heterocycles. The molecule has 3 rings (SSSR count). The molecule has 0 unspecified atom stereocenters. The van der Waals surface area contributed by atoms with Crippen molar-refractivity contribution in [2.45, 2.75) is 13.5 Å². The summed E-state index contributed by atoms with van der Waals surface area (Å²) in [6.07, 6.45) is 1.54. The molecule has 1 amide bonds. The molecule has 34 heavy (non-hydrogen) atoms. The van der Waals surface area contributed by atoms with Crippen LogP contribution in [0.5, 0.6) is 23.0 Å². The number of hydrogen-bond acceptors (Lipinski definition) is 6. The van der Waals surface area contributed by atoms with Gasteiger partial charge in [-0.1, -0.05) is 23.7 Å². The van der Waals surface area contributed by atoms with Crippen LogP contribution in [0.25, 0.3) is 0 Å². The van der Waals surface area contributed by atoms with E-state index in [2.05, 4.69) is 33.1 Å². The molecule has 0 bridgehead atoms. The smallest absolute Gasteiger partial charge is 0.275 e. The molecule has 0 aliphatic carbocycles. The van der Waals surface area contributed by atoms with Crippen molar-refractivity contribution in [1.29, 1.82) is 0 Å². The van der Waals surface area contributed by atoms with Crippen LogP contribution in [0.4, 0.5) is 0 Å². The zero-order valence-electron chi connectivity index (χ0n) is 18.9. The fraction of sp³-hybridized carbons (Fsp3) is 0.200.